The van der Waals surface area contributed by atoms with Gasteiger partial charge in [-0.2, -0.15) is 5.10 Å². The Morgan fingerprint density at radius 3 is 2.55 bits per heavy atom. The van der Waals surface area contributed by atoms with Gasteiger partial charge in [-0.3, -0.25) is 9.69 Å². The molecule has 0 unspecified atom stereocenters. The molecule has 0 bridgehead atoms. The zero-order chi connectivity index (χ0) is 22.9. The minimum absolute atomic E-state index is 0.0151. The topological polar surface area (TPSA) is 70.1 Å². The molecule has 1 fully saturated rings. The minimum Gasteiger partial charge on any atom is -0.356 e. The predicted molar refractivity (Wildman–Crippen MR) is 131 cm³/mol. The number of nitrogens with one attached hydrogen (secondary N) is 1. The Labute approximate surface area is 195 Å². The summed E-state index contributed by atoms with van der Waals surface area (Å²) in [6, 6.07) is 10.4. The van der Waals surface area contributed by atoms with Crippen LogP contribution in [-0.2, 0) is 19.5 Å². The number of para-hydroxylation sites is 1. The third-order valence-electron chi connectivity index (χ3n) is 6.91. The Morgan fingerprint density at radius 1 is 1.06 bits per heavy atom. The number of benzene rings is 1. The summed E-state index contributed by atoms with van der Waals surface area (Å²) in [5, 5.41) is 4.98. The molecule has 1 N–H and O–H groups in total. The molecule has 0 amide bonds. The summed E-state index contributed by atoms with van der Waals surface area (Å²) in [6.07, 6.45) is 4.54. The van der Waals surface area contributed by atoms with Crippen molar-refractivity contribution in [2.24, 2.45) is 0 Å². The summed E-state index contributed by atoms with van der Waals surface area (Å²) in [4.78, 5) is 25.5. The van der Waals surface area contributed by atoms with Gasteiger partial charge in [-0.05, 0) is 38.3 Å². The fourth-order valence-electron chi connectivity index (χ4n) is 5.04. The molecule has 2 aromatic heterocycles. The number of aromatic amines is 1. The highest BCUT2D eigenvalue weighted by Crippen LogP contribution is 2.31. The molecular weight excluding hydrogens is 412 g/mol. The van der Waals surface area contributed by atoms with Gasteiger partial charge in [-0.25, -0.2) is 9.67 Å². The molecule has 0 saturated carbocycles. The molecule has 5 rings (SSSR count). The summed E-state index contributed by atoms with van der Waals surface area (Å²) in [6.45, 7) is 10.7. The van der Waals surface area contributed by atoms with Crippen LogP contribution in [0.2, 0.25) is 0 Å². The van der Waals surface area contributed by atoms with Gasteiger partial charge in [0.25, 0.3) is 5.56 Å². The average molecular weight is 447 g/mol. The molecule has 0 radical (unpaired) electrons. The second-order valence-electron chi connectivity index (χ2n) is 9.67. The lowest BCUT2D eigenvalue weighted by atomic mass is 10.0. The van der Waals surface area contributed by atoms with Crippen LogP contribution in [-0.4, -0.2) is 44.3 Å². The Hall–Kier alpha value is -2.93. The van der Waals surface area contributed by atoms with Gasteiger partial charge in [0.2, 0.25) is 0 Å². The van der Waals surface area contributed by atoms with Crippen LogP contribution >= 0.6 is 0 Å². The average Bonchev–Trinajstić information content (AvgIpc) is 3.16. The lowest BCUT2D eigenvalue weighted by Crippen LogP contribution is -2.37. The summed E-state index contributed by atoms with van der Waals surface area (Å²) in [5.74, 6) is 2.23. The number of aryl methyl sites for hydroxylation is 1. The van der Waals surface area contributed by atoms with Crippen molar-refractivity contribution in [3.05, 3.63) is 69.0 Å². The smallest absolute Gasteiger partial charge is 0.255 e. The predicted octanol–water partition coefficient (Wildman–Crippen LogP) is 3.94. The first-order valence-electron chi connectivity index (χ1n) is 12.2. The van der Waals surface area contributed by atoms with E-state index < -0.39 is 0 Å². The monoisotopic (exact) mass is 446 g/mol. The summed E-state index contributed by atoms with van der Waals surface area (Å²) in [7, 11) is 0. The van der Waals surface area contributed by atoms with Gasteiger partial charge in [0.15, 0.2) is 0 Å². The molecule has 0 spiro atoms. The molecule has 33 heavy (non-hydrogen) atoms. The third-order valence-corrected chi connectivity index (χ3v) is 6.91. The molecule has 0 atom stereocenters. The first kappa shape index (κ1) is 21.9. The molecule has 7 nitrogen and oxygen atoms in total. The van der Waals surface area contributed by atoms with Crippen LogP contribution in [0, 0.1) is 6.92 Å². The number of piperidine rings is 1. The van der Waals surface area contributed by atoms with Gasteiger partial charge < -0.3 is 9.88 Å². The van der Waals surface area contributed by atoms with Gasteiger partial charge in [0.1, 0.15) is 11.6 Å². The van der Waals surface area contributed by atoms with Gasteiger partial charge in [-0.1, -0.05) is 32.0 Å². The van der Waals surface area contributed by atoms with Crippen LogP contribution in [0.25, 0.3) is 5.69 Å². The highest BCUT2D eigenvalue weighted by Gasteiger charge is 2.27. The van der Waals surface area contributed by atoms with E-state index in [1.165, 1.54) is 30.6 Å². The van der Waals surface area contributed by atoms with E-state index in [0.29, 0.717) is 6.54 Å². The molecule has 2 aliphatic heterocycles. The Kier molecular flexibility index (Phi) is 6.06. The van der Waals surface area contributed by atoms with E-state index in [1.807, 2.05) is 6.07 Å². The third kappa shape index (κ3) is 4.34. The van der Waals surface area contributed by atoms with E-state index in [4.69, 9.17) is 10.1 Å². The Balaban J connectivity index is 1.48. The number of anilines is 1. The Morgan fingerprint density at radius 2 is 1.82 bits per heavy atom. The van der Waals surface area contributed by atoms with Crippen molar-refractivity contribution in [3.8, 4) is 5.69 Å². The number of H-pyrrole nitrogens is 1. The number of nitrogens with zero attached hydrogens (tertiary/aromatic N) is 5. The number of fused-ring (bicyclic) bond motifs is 1. The van der Waals surface area contributed by atoms with E-state index in [9.17, 15) is 4.79 Å². The van der Waals surface area contributed by atoms with Crippen LogP contribution in [0.15, 0.2) is 35.1 Å². The molecule has 1 aromatic carbocycles. The zero-order valence-electron chi connectivity index (χ0n) is 20.0. The van der Waals surface area contributed by atoms with Crippen molar-refractivity contribution in [1.82, 2.24) is 24.6 Å². The lowest BCUT2D eigenvalue weighted by Gasteiger charge is -2.32. The van der Waals surface area contributed by atoms with Crippen LogP contribution in [0.1, 0.15) is 67.4 Å². The van der Waals surface area contributed by atoms with E-state index >= 15 is 0 Å². The molecule has 7 heteroatoms. The number of hydrogen-bond acceptors (Lipinski definition) is 5. The molecule has 3 aromatic rings. The zero-order valence-corrected chi connectivity index (χ0v) is 20.0. The fourth-order valence-corrected chi connectivity index (χ4v) is 5.04. The second kappa shape index (κ2) is 9.14. The first-order chi connectivity index (χ1) is 16.0. The van der Waals surface area contributed by atoms with Crippen LogP contribution in [0.3, 0.4) is 0 Å². The maximum atomic E-state index is 12.8. The van der Waals surface area contributed by atoms with Crippen molar-refractivity contribution in [1.29, 1.82) is 0 Å². The van der Waals surface area contributed by atoms with Crippen LogP contribution < -0.4 is 10.5 Å². The molecule has 0 aliphatic carbocycles. The quantitative estimate of drug-likeness (QED) is 0.643. The summed E-state index contributed by atoms with van der Waals surface area (Å²) < 4.78 is 2.12. The number of aromatic nitrogens is 4. The van der Waals surface area contributed by atoms with E-state index in [1.54, 1.807) is 0 Å². The highest BCUT2D eigenvalue weighted by molar-refractivity contribution is 5.55. The molecule has 4 heterocycles. The minimum atomic E-state index is 0.0151. The molecule has 2 aliphatic rings. The number of rotatable bonds is 5. The maximum absolute atomic E-state index is 12.8. The first-order valence-corrected chi connectivity index (χ1v) is 12.2. The van der Waals surface area contributed by atoms with Crippen LogP contribution in [0.5, 0.6) is 0 Å². The lowest BCUT2D eigenvalue weighted by molar-refractivity contribution is 0.241. The standard InChI is InChI=1S/C26H34N6O/c1-18(2)24-27-23-12-15-30(17-22(23)25(33)28-24)16-21-19(3)29-32(20-10-6-4-7-11-20)26(21)31-13-8-5-9-14-31/h4,6-7,10-11,18H,5,8-9,12-17H2,1-3H3,(H,27,28,33). The molecular formula is C26H34N6O. The molecule has 174 valence electrons. The number of hydrogen-bond donors (Lipinski definition) is 1. The van der Waals surface area contributed by atoms with Crippen LogP contribution in [0.4, 0.5) is 5.82 Å². The van der Waals surface area contributed by atoms with Gasteiger partial charge >= 0.3 is 0 Å². The summed E-state index contributed by atoms with van der Waals surface area (Å²) in [5.41, 5.74) is 5.23. The van der Waals surface area contributed by atoms with Gasteiger partial charge in [0, 0.05) is 50.6 Å². The highest BCUT2D eigenvalue weighted by atomic mass is 16.1. The summed E-state index contributed by atoms with van der Waals surface area (Å²) >= 11 is 0. The largest absolute Gasteiger partial charge is 0.356 e. The van der Waals surface area contributed by atoms with Crippen molar-refractivity contribution in [2.75, 3.05) is 24.5 Å². The normalized spacial score (nSPS) is 16.9. The van der Waals surface area contributed by atoms with Crippen molar-refractivity contribution in [2.45, 2.75) is 65.5 Å². The second-order valence-corrected chi connectivity index (χ2v) is 9.67. The van der Waals surface area contributed by atoms with Crippen molar-refractivity contribution >= 4 is 5.82 Å². The fraction of sp³-hybridized carbons (Fsp3) is 0.500. The van der Waals surface area contributed by atoms with E-state index in [2.05, 4.69) is 64.5 Å². The Bertz CT molecular complexity index is 1170. The maximum Gasteiger partial charge on any atom is 0.255 e. The van der Waals surface area contributed by atoms with Gasteiger partial charge in [-0.15, -0.1) is 0 Å². The van der Waals surface area contributed by atoms with E-state index in [-0.39, 0.29) is 11.5 Å². The van der Waals surface area contributed by atoms with Crippen molar-refractivity contribution in [3.63, 3.8) is 0 Å². The SMILES string of the molecule is Cc1nn(-c2ccccc2)c(N2CCCCC2)c1CN1CCc2nc(C(C)C)[nH]c(=O)c2C1. The van der Waals surface area contributed by atoms with Crippen molar-refractivity contribution < 1.29 is 0 Å². The molecule has 1 saturated heterocycles. The van der Waals surface area contributed by atoms with Gasteiger partial charge in [0.05, 0.1) is 22.6 Å². The van der Waals surface area contributed by atoms with E-state index in [0.717, 1.165) is 61.1 Å².